The SMILES string of the molecule is CCC1=C(CC)C[C-]=C1.C[Si](C)=[Ti+2].Cl.Cl.[C-]1=CC=CC1. The summed E-state index contributed by atoms with van der Waals surface area (Å²) in [5.74, 6) is 0. The Bertz CT molecular complexity index is 355. The van der Waals surface area contributed by atoms with Crippen LogP contribution >= 0.6 is 24.8 Å². The average molecular weight is 365 g/mol. The molecule has 20 heavy (non-hydrogen) atoms. The zero-order chi connectivity index (χ0) is 13.8. The molecule has 0 nitrogen and oxygen atoms in total. The molecule has 0 amide bonds. The van der Waals surface area contributed by atoms with Crippen LogP contribution in [0, 0.1) is 12.2 Å². The van der Waals surface area contributed by atoms with Gasteiger partial charge in [-0.2, -0.15) is 17.2 Å². The normalized spacial score (nSPS) is 13.7. The molecule has 0 fully saturated rings. The van der Waals surface area contributed by atoms with E-state index in [9.17, 15) is 0 Å². The quantitative estimate of drug-likeness (QED) is 0.429. The van der Waals surface area contributed by atoms with Gasteiger partial charge in [0, 0.05) is 0 Å². The summed E-state index contributed by atoms with van der Waals surface area (Å²) in [5.41, 5.74) is 3.09. The zero-order valence-corrected chi connectivity index (χ0v) is 17.1. The minimum Gasteiger partial charge on any atom is -0.273 e. The van der Waals surface area contributed by atoms with Crippen LogP contribution in [0.4, 0.5) is 0 Å². The van der Waals surface area contributed by atoms with Gasteiger partial charge in [-0.25, -0.2) is 18.2 Å². The predicted octanol–water partition coefficient (Wildman–Crippen LogP) is 5.80. The van der Waals surface area contributed by atoms with Gasteiger partial charge in [0.05, 0.1) is 0 Å². The van der Waals surface area contributed by atoms with Crippen LogP contribution in [-0.4, -0.2) is 6.19 Å². The van der Waals surface area contributed by atoms with Crippen molar-refractivity contribution >= 4 is 31.0 Å². The molecule has 0 aromatic carbocycles. The predicted molar refractivity (Wildman–Crippen MR) is 93.6 cm³/mol. The molecule has 112 valence electrons. The number of hydrogen-bond donors (Lipinski definition) is 0. The van der Waals surface area contributed by atoms with E-state index in [2.05, 4.69) is 70.4 Å². The summed E-state index contributed by atoms with van der Waals surface area (Å²) < 4.78 is 0. The van der Waals surface area contributed by atoms with Gasteiger partial charge in [-0.3, -0.25) is 12.2 Å². The maximum atomic E-state index is 3.23. The summed E-state index contributed by atoms with van der Waals surface area (Å²) in [5, 5.41) is 0. The fraction of sp³-hybridized carbons (Fsp3) is 0.500. The number of hydrogen-bond acceptors (Lipinski definition) is 0. The molecule has 4 heteroatoms. The molecule has 0 spiro atoms. The Balaban J connectivity index is -0.000000228. The molecule has 0 aliphatic heterocycles. The van der Waals surface area contributed by atoms with Crippen LogP contribution in [0.15, 0.2) is 35.5 Å². The second-order valence-electron chi connectivity index (χ2n) is 4.36. The third-order valence-electron chi connectivity index (χ3n) is 2.44. The van der Waals surface area contributed by atoms with E-state index in [4.69, 9.17) is 0 Å². The summed E-state index contributed by atoms with van der Waals surface area (Å²) in [7, 11) is 0. The minimum absolute atomic E-state index is 0. The number of rotatable bonds is 2. The summed E-state index contributed by atoms with van der Waals surface area (Å²) in [6.07, 6.45) is 18.9. The van der Waals surface area contributed by atoms with Crippen LogP contribution in [-0.2, 0) is 19.2 Å². The molecule has 2 rings (SSSR count). The molecule has 0 atom stereocenters. The van der Waals surface area contributed by atoms with Gasteiger partial charge in [-0.05, 0) is 0 Å². The van der Waals surface area contributed by atoms with Crippen LogP contribution in [0.1, 0.15) is 39.5 Å². The Labute approximate surface area is 149 Å². The number of halogens is 2. The van der Waals surface area contributed by atoms with E-state index in [0.717, 1.165) is 12.8 Å². The molecule has 0 aromatic rings. The molecule has 0 heterocycles. The Kier molecular flexibility index (Phi) is 22.3. The molecule has 0 radical (unpaired) electrons. The Morgan fingerprint density at radius 1 is 1.15 bits per heavy atom. The molecule has 0 N–H and O–H groups in total. The van der Waals surface area contributed by atoms with Crippen LogP contribution in [0.25, 0.3) is 0 Å². The Morgan fingerprint density at radius 2 is 1.75 bits per heavy atom. The second kappa shape index (κ2) is 17.5. The van der Waals surface area contributed by atoms with Crippen molar-refractivity contribution < 1.29 is 19.2 Å². The van der Waals surface area contributed by atoms with Crippen LogP contribution in [0.3, 0.4) is 0 Å². The van der Waals surface area contributed by atoms with E-state index in [1.54, 1.807) is 5.57 Å². The van der Waals surface area contributed by atoms with Crippen LogP contribution in [0.2, 0.25) is 13.1 Å². The van der Waals surface area contributed by atoms with E-state index in [1.165, 1.54) is 18.4 Å². The van der Waals surface area contributed by atoms with Crippen molar-refractivity contribution in [2.75, 3.05) is 0 Å². The van der Waals surface area contributed by atoms with Crippen LogP contribution < -0.4 is 0 Å². The van der Waals surface area contributed by atoms with Gasteiger partial charge in [-0.15, -0.1) is 37.7 Å². The molecule has 2 aliphatic carbocycles. The molecular weight excluding hydrogens is 339 g/mol. The average Bonchev–Trinajstić information content (AvgIpc) is 3.02. The molecule has 2 aliphatic rings. The van der Waals surface area contributed by atoms with Crippen molar-refractivity contribution in [3.8, 4) is 0 Å². The molecule has 0 unspecified atom stereocenters. The van der Waals surface area contributed by atoms with Crippen molar-refractivity contribution in [2.45, 2.75) is 52.6 Å². The van der Waals surface area contributed by atoms with Crippen molar-refractivity contribution in [1.82, 2.24) is 0 Å². The summed E-state index contributed by atoms with van der Waals surface area (Å²) in [6, 6.07) is 0. The molecular formula is C16H26Cl2SiTi. The first-order valence-corrected chi connectivity index (χ1v) is 11.5. The van der Waals surface area contributed by atoms with Gasteiger partial charge in [-0.1, -0.05) is 26.7 Å². The summed E-state index contributed by atoms with van der Waals surface area (Å²) >= 11 is 2.27. The van der Waals surface area contributed by atoms with Gasteiger partial charge in [0.2, 0.25) is 0 Å². The van der Waals surface area contributed by atoms with Gasteiger partial charge in [0.15, 0.2) is 0 Å². The topological polar surface area (TPSA) is 0 Å². The maximum absolute atomic E-state index is 3.23. The van der Waals surface area contributed by atoms with Gasteiger partial charge < -0.3 is 0 Å². The number of allylic oxidation sites excluding steroid dienone is 8. The van der Waals surface area contributed by atoms with E-state index < -0.39 is 0 Å². The van der Waals surface area contributed by atoms with Gasteiger partial charge in [0.25, 0.3) is 0 Å². The smallest absolute Gasteiger partial charge is 0.109 e. The van der Waals surface area contributed by atoms with E-state index in [0.29, 0.717) is 0 Å². The summed E-state index contributed by atoms with van der Waals surface area (Å²) in [4.78, 5) is 0. The third kappa shape index (κ3) is 14.9. The first-order valence-electron chi connectivity index (χ1n) is 6.62. The van der Waals surface area contributed by atoms with Crippen molar-refractivity contribution in [2.24, 2.45) is 0 Å². The van der Waals surface area contributed by atoms with E-state index >= 15 is 0 Å². The zero-order valence-electron chi connectivity index (χ0n) is 13.0. The van der Waals surface area contributed by atoms with Crippen molar-refractivity contribution in [3.05, 3.63) is 47.6 Å². The fourth-order valence-electron chi connectivity index (χ4n) is 1.56. The maximum Gasteiger partial charge on any atom is -0.109 e. The summed E-state index contributed by atoms with van der Waals surface area (Å²) in [6.45, 7) is 8.95. The first kappa shape index (κ1) is 25.4. The third-order valence-corrected chi connectivity index (χ3v) is 2.44. The minimum atomic E-state index is 0. The molecule has 0 aromatic heterocycles. The van der Waals surface area contributed by atoms with E-state index in [1.807, 2.05) is 12.2 Å². The fourth-order valence-corrected chi connectivity index (χ4v) is 1.56. The monoisotopic (exact) mass is 364 g/mol. The van der Waals surface area contributed by atoms with E-state index in [-0.39, 0.29) is 31.0 Å². The van der Waals surface area contributed by atoms with Gasteiger partial charge in [0.1, 0.15) is 0 Å². The second-order valence-corrected chi connectivity index (χ2v) is 11.0. The molecule has 0 saturated carbocycles. The standard InChI is InChI=1S/C9H13.C5H5.C2H6Si.2ClH.Ti/c1-3-8-6-5-7-9(8)4-2;1-2-4-5-3-1;1-3-2;;;/h6H,3-4,7H2,1-2H3;1-3H,4H2;1-2H3;2*1H;/q2*-1;;;;+2. The Hall–Kier alpha value is 0.471. The molecule has 0 bridgehead atoms. The first-order chi connectivity index (χ1) is 8.61. The van der Waals surface area contributed by atoms with Gasteiger partial charge >= 0.3 is 38.5 Å². The Morgan fingerprint density at radius 3 is 2.00 bits per heavy atom. The van der Waals surface area contributed by atoms with Crippen molar-refractivity contribution in [1.29, 1.82) is 0 Å². The van der Waals surface area contributed by atoms with Crippen LogP contribution in [0.5, 0.6) is 0 Å². The largest absolute Gasteiger partial charge is 0.273 e. The molecule has 0 saturated heterocycles. The van der Waals surface area contributed by atoms with Crippen molar-refractivity contribution in [3.63, 3.8) is 0 Å².